The SMILES string of the molecule is CC1(C)CC(c2cc(F)ccc2F)=CC(Cl)C1. The smallest absolute Gasteiger partial charge is 0.130 e. The Balaban J connectivity index is 2.43. The quantitative estimate of drug-likeness (QED) is 0.635. The fourth-order valence-electron chi connectivity index (χ4n) is 2.38. The average molecular weight is 257 g/mol. The van der Waals surface area contributed by atoms with Crippen LogP contribution in [0.15, 0.2) is 24.3 Å². The Morgan fingerprint density at radius 3 is 2.65 bits per heavy atom. The Bertz CT molecular complexity index is 463. The van der Waals surface area contributed by atoms with E-state index in [0.717, 1.165) is 30.5 Å². The molecule has 0 saturated carbocycles. The zero-order valence-electron chi connectivity index (χ0n) is 9.93. The first-order valence-electron chi connectivity index (χ1n) is 5.68. The molecule has 3 heteroatoms. The molecule has 0 amide bonds. The molecule has 1 atom stereocenters. The lowest BCUT2D eigenvalue weighted by Crippen LogP contribution is -2.22. The van der Waals surface area contributed by atoms with E-state index in [9.17, 15) is 8.78 Å². The molecule has 92 valence electrons. The van der Waals surface area contributed by atoms with E-state index < -0.39 is 5.82 Å². The van der Waals surface area contributed by atoms with Crippen LogP contribution in [0.2, 0.25) is 0 Å². The van der Waals surface area contributed by atoms with Crippen molar-refractivity contribution in [3.05, 3.63) is 41.5 Å². The molecule has 1 aliphatic rings. The summed E-state index contributed by atoms with van der Waals surface area (Å²) in [5.74, 6) is -0.809. The van der Waals surface area contributed by atoms with Crippen molar-refractivity contribution in [1.82, 2.24) is 0 Å². The van der Waals surface area contributed by atoms with Gasteiger partial charge in [0.1, 0.15) is 11.6 Å². The minimum Gasteiger partial charge on any atom is -0.207 e. The highest BCUT2D eigenvalue weighted by Gasteiger charge is 2.29. The van der Waals surface area contributed by atoms with E-state index in [1.165, 1.54) is 6.07 Å². The van der Waals surface area contributed by atoms with Gasteiger partial charge in [-0.25, -0.2) is 8.78 Å². The van der Waals surface area contributed by atoms with Crippen molar-refractivity contribution in [2.45, 2.75) is 32.1 Å². The predicted molar refractivity (Wildman–Crippen MR) is 67.0 cm³/mol. The van der Waals surface area contributed by atoms with E-state index in [0.29, 0.717) is 5.56 Å². The van der Waals surface area contributed by atoms with Crippen LogP contribution < -0.4 is 0 Å². The number of halogens is 3. The lowest BCUT2D eigenvalue weighted by molar-refractivity contribution is 0.340. The Morgan fingerprint density at radius 1 is 1.29 bits per heavy atom. The molecule has 0 aliphatic heterocycles. The highest BCUT2D eigenvalue weighted by molar-refractivity contribution is 6.22. The summed E-state index contributed by atoms with van der Waals surface area (Å²) in [5, 5.41) is -0.114. The molecule has 17 heavy (non-hydrogen) atoms. The van der Waals surface area contributed by atoms with Crippen molar-refractivity contribution in [3.8, 4) is 0 Å². The van der Waals surface area contributed by atoms with Crippen LogP contribution in [-0.2, 0) is 0 Å². The van der Waals surface area contributed by atoms with Crippen LogP contribution in [0.3, 0.4) is 0 Å². The third-order valence-corrected chi connectivity index (χ3v) is 3.35. The number of allylic oxidation sites excluding steroid dienone is 2. The molecule has 1 aliphatic carbocycles. The zero-order valence-corrected chi connectivity index (χ0v) is 10.7. The van der Waals surface area contributed by atoms with Crippen molar-refractivity contribution >= 4 is 17.2 Å². The third-order valence-electron chi connectivity index (χ3n) is 3.07. The maximum absolute atomic E-state index is 13.7. The van der Waals surface area contributed by atoms with Crippen molar-refractivity contribution < 1.29 is 8.78 Å². The highest BCUT2D eigenvalue weighted by Crippen LogP contribution is 2.41. The second-order valence-corrected chi connectivity index (χ2v) is 5.94. The second kappa shape index (κ2) is 4.41. The Morgan fingerprint density at radius 2 is 2.00 bits per heavy atom. The van der Waals surface area contributed by atoms with Gasteiger partial charge in [-0.2, -0.15) is 0 Å². The molecule has 0 aromatic heterocycles. The Hall–Kier alpha value is -0.890. The molecule has 1 aromatic carbocycles. The van der Waals surface area contributed by atoms with E-state index >= 15 is 0 Å². The molecule has 0 radical (unpaired) electrons. The summed E-state index contributed by atoms with van der Waals surface area (Å²) in [4.78, 5) is 0. The molecule has 0 N–H and O–H groups in total. The first kappa shape index (κ1) is 12.6. The summed E-state index contributed by atoms with van der Waals surface area (Å²) >= 11 is 6.15. The Kier molecular flexibility index (Phi) is 3.26. The third kappa shape index (κ3) is 2.86. The largest absolute Gasteiger partial charge is 0.207 e. The molecule has 0 heterocycles. The number of hydrogen-bond acceptors (Lipinski definition) is 0. The number of rotatable bonds is 1. The van der Waals surface area contributed by atoms with Crippen molar-refractivity contribution in [2.75, 3.05) is 0 Å². The summed E-state index contributed by atoms with van der Waals surface area (Å²) in [7, 11) is 0. The maximum Gasteiger partial charge on any atom is 0.130 e. The predicted octanol–water partition coefficient (Wildman–Crippen LogP) is 4.78. The van der Waals surface area contributed by atoms with Crippen LogP contribution in [0.25, 0.3) is 5.57 Å². The minimum absolute atomic E-state index is 0.0231. The standard InChI is InChI=1S/C14H15ClF2/c1-14(2)7-9(5-10(15)8-14)12-6-11(16)3-4-13(12)17/h3-6,10H,7-8H2,1-2H3. The van der Waals surface area contributed by atoms with Gasteiger partial charge in [0.15, 0.2) is 0 Å². The molecule has 0 fully saturated rings. The van der Waals surface area contributed by atoms with Gasteiger partial charge in [-0.05, 0) is 42.0 Å². The molecule has 2 rings (SSSR count). The normalized spacial score (nSPS) is 23.4. The lowest BCUT2D eigenvalue weighted by atomic mass is 9.75. The molecule has 0 nitrogen and oxygen atoms in total. The van der Waals surface area contributed by atoms with Gasteiger partial charge < -0.3 is 0 Å². The molecule has 1 unspecified atom stereocenters. The van der Waals surface area contributed by atoms with Crippen LogP contribution in [0.1, 0.15) is 32.3 Å². The van der Waals surface area contributed by atoms with Crippen LogP contribution in [0.4, 0.5) is 8.78 Å². The van der Waals surface area contributed by atoms with Gasteiger partial charge in [-0.1, -0.05) is 19.9 Å². The Labute approximate surface area is 105 Å². The van der Waals surface area contributed by atoms with Crippen molar-refractivity contribution in [2.24, 2.45) is 5.41 Å². The van der Waals surface area contributed by atoms with Crippen LogP contribution in [0.5, 0.6) is 0 Å². The fraction of sp³-hybridized carbons (Fsp3) is 0.429. The van der Waals surface area contributed by atoms with Crippen LogP contribution in [-0.4, -0.2) is 5.38 Å². The van der Waals surface area contributed by atoms with Gasteiger partial charge in [0.2, 0.25) is 0 Å². The van der Waals surface area contributed by atoms with E-state index in [-0.39, 0.29) is 16.6 Å². The summed E-state index contributed by atoms with van der Waals surface area (Å²) in [5.41, 5.74) is 1.16. The van der Waals surface area contributed by atoms with Gasteiger partial charge in [-0.15, -0.1) is 11.6 Å². The molecule has 1 aromatic rings. The monoisotopic (exact) mass is 256 g/mol. The van der Waals surface area contributed by atoms with Crippen LogP contribution in [0, 0.1) is 17.0 Å². The first-order valence-corrected chi connectivity index (χ1v) is 6.11. The van der Waals surface area contributed by atoms with Gasteiger partial charge in [-0.3, -0.25) is 0 Å². The van der Waals surface area contributed by atoms with Gasteiger partial charge in [0.25, 0.3) is 0 Å². The van der Waals surface area contributed by atoms with Crippen molar-refractivity contribution in [3.63, 3.8) is 0 Å². The average Bonchev–Trinajstić information content (AvgIpc) is 2.18. The van der Waals surface area contributed by atoms with Crippen LogP contribution >= 0.6 is 11.6 Å². The molecule has 0 saturated heterocycles. The number of alkyl halides is 1. The summed E-state index contributed by atoms with van der Waals surface area (Å²) in [6, 6.07) is 3.54. The van der Waals surface area contributed by atoms with Crippen molar-refractivity contribution in [1.29, 1.82) is 0 Å². The zero-order chi connectivity index (χ0) is 12.6. The lowest BCUT2D eigenvalue weighted by Gasteiger charge is -2.32. The van der Waals surface area contributed by atoms with E-state index in [1.807, 2.05) is 6.08 Å². The summed E-state index contributed by atoms with van der Waals surface area (Å²) in [6.07, 6.45) is 3.41. The van der Waals surface area contributed by atoms with E-state index in [2.05, 4.69) is 13.8 Å². The number of benzene rings is 1. The first-order chi connectivity index (χ1) is 7.87. The summed E-state index contributed by atoms with van der Waals surface area (Å²) < 4.78 is 26.8. The highest BCUT2D eigenvalue weighted by atomic mass is 35.5. The van der Waals surface area contributed by atoms with E-state index in [4.69, 9.17) is 11.6 Å². The van der Waals surface area contributed by atoms with Gasteiger partial charge >= 0.3 is 0 Å². The molecular formula is C14H15ClF2. The maximum atomic E-state index is 13.7. The minimum atomic E-state index is -0.420. The van der Waals surface area contributed by atoms with Gasteiger partial charge in [0, 0.05) is 5.56 Å². The fourth-order valence-corrected chi connectivity index (χ4v) is 2.95. The molecule has 0 spiro atoms. The second-order valence-electron chi connectivity index (χ2n) is 5.38. The molecule has 0 bridgehead atoms. The molecular weight excluding hydrogens is 242 g/mol. The van der Waals surface area contributed by atoms with Gasteiger partial charge in [0.05, 0.1) is 5.38 Å². The van der Waals surface area contributed by atoms with E-state index in [1.54, 1.807) is 0 Å². The topological polar surface area (TPSA) is 0 Å². The number of hydrogen-bond donors (Lipinski definition) is 0. The summed E-state index contributed by atoms with van der Waals surface area (Å²) in [6.45, 7) is 4.18.